The monoisotopic (exact) mass is 491 g/mol. The van der Waals surface area contributed by atoms with Crippen molar-refractivity contribution in [2.75, 3.05) is 25.5 Å². The number of benzene rings is 2. The molecule has 36 heavy (non-hydrogen) atoms. The predicted molar refractivity (Wildman–Crippen MR) is 129 cm³/mol. The van der Waals surface area contributed by atoms with Crippen molar-refractivity contribution in [3.8, 4) is 17.4 Å². The zero-order valence-electron chi connectivity index (χ0n) is 19.5. The molecule has 2 amide bonds. The van der Waals surface area contributed by atoms with E-state index < -0.39 is 5.97 Å². The molecule has 2 heterocycles. The first-order valence-electron chi connectivity index (χ1n) is 11.3. The normalized spacial score (nSPS) is 14.7. The zero-order chi connectivity index (χ0) is 25.5. The number of anilines is 1. The predicted octanol–water partition coefficient (Wildman–Crippen LogP) is 3.97. The second-order valence-electron chi connectivity index (χ2n) is 8.10. The van der Waals surface area contributed by atoms with Gasteiger partial charge >= 0.3 is 12.1 Å². The topological polar surface area (TPSA) is 127 Å². The summed E-state index contributed by atoms with van der Waals surface area (Å²) in [6.45, 7) is 1.07. The van der Waals surface area contributed by atoms with E-state index in [1.807, 2.05) is 0 Å². The number of carboxylic acids is 1. The first-order chi connectivity index (χ1) is 17.4. The molecule has 1 saturated heterocycles. The average Bonchev–Trinajstić information content (AvgIpc) is 3.34. The first kappa shape index (κ1) is 24.5. The quantitative estimate of drug-likeness (QED) is 0.485. The summed E-state index contributed by atoms with van der Waals surface area (Å²) in [7, 11) is 1.36. The Morgan fingerprint density at radius 3 is 2.50 bits per heavy atom. The summed E-state index contributed by atoms with van der Waals surface area (Å²) in [6.07, 6.45) is 1.84. The Balaban J connectivity index is 1.28. The van der Waals surface area contributed by atoms with Gasteiger partial charge < -0.3 is 29.5 Å². The van der Waals surface area contributed by atoms with Gasteiger partial charge in [0.05, 0.1) is 31.3 Å². The van der Waals surface area contributed by atoms with E-state index in [1.54, 1.807) is 53.4 Å². The smallest absolute Gasteiger partial charge is 0.409 e. The first-order valence-corrected chi connectivity index (χ1v) is 11.3. The molecule has 4 rings (SSSR count). The molecule has 2 aromatic carbocycles. The van der Waals surface area contributed by atoms with Crippen LogP contribution < -0.4 is 14.8 Å². The molecule has 0 aliphatic carbocycles. The molecule has 0 bridgehead atoms. The molecule has 1 aliphatic rings. The SMILES string of the molecule is COC(=O)N1CC[C@@H](Oc2ccc(Oc3ccc(CC(=O)Nc4ccccc4C(=O)O)cn3)cc2)C1. The van der Waals surface area contributed by atoms with Gasteiger partial charge in [0, 0.05) is 25.2 Å². The van der Waals surface area contributed by atoms with Crippen molar-refractivity contribution in [3.05, 3.63) is 78.0 Å². The second kappa shape index (κ2) is 11.2. The van der Waals surface area contributed by atoms with Crippen molar-refractivity contribution in [2.24, 2.45) is 0 Å². The molecule has 1 aromatic heterocycles. The minimum atomic E-state index is -1.11. The molecule has 3 aromatic rings. The number of ether oxygens (including phenoxy) is 3. The van der Waals surface area contributed by atoms with Crippen LogP contribution in [0.1, 0.15) is 22.3 Å². The van der Waals surface area contributed by atoms with E-state index in [9.17, 15) is 19.5 Å². The Morgan fingerprint density at radius 1 is 1.06 bits per heavy atom. The number of carbonyl (C=O) groups is 3. The number of carbonyl (C=O) groups excluding carboxylic acids is 2. The van der Waals surface area contributed by atoms with Gasteiger partial charge in [-0.1, -0.05) is 18.2 Å². The average molecular weight is 492 g/mol. The van der Waals surface area contributed by atoms with E-state index in [4.69, 9.17) is 14.2 Å². The van der Waals surface area contributed by atoms with E-state index >= 15 is 0 Å². The van der Waals surface area contributed by atoms with E-state index in [0.29, 0.717) is 36.0 Å². The van der Waals surface area contributed by atoms with Crippen LogP contribution in [-0.4, -0.2) is 59.3 Å². The van der Waals surface area contributed by atoms with Crippen LogP contribution in [0.15, 0.2) is 66.9 Å². The van der Waals surface area contributed by atoms with Crippen LogP contribution in [0.3, 0.4) is 0 Å². The summed E-state index contributed by atoms with van der Waals surface area (Å²) < 4.78 is 16.4. The van der Waals surface area contributed by atoms with Crippen LogP contribution in [0.4, 0.5) is 10.5 Å². The van der Waals surface area contributed by atoms with Gasteiger partial charge in [0.2, 0.25) is 11.8 Å². The molecule has 0 saturated carbocycles. The summed E-state index contributed by atoms with van der Waals surface area (Å²) in [5.74, 6) is 0.115. The third-order valence-corrected chi connectivity index (χ3v) is 5.52. The number of hydrogen-bond donors (Lipinski definition) is 2. The summed E-state index contributed by atoms with van der Waals surface area (Å²) in [5.41, 5.74) is 0.911. The fourth-order valence-electron chi connectivity index (χ4n) is 3.75. The zero-order valence-corrected chi connectivity index (χ0v) is 19.5. The summed E-state index contributed by atoms with van der Waals surface area (Å²) in [6, 6.07) is 16.7. The van der Waals surface area contributed by atoms with E-state index in [-0.39, 0.29) is 35.8 Å². The van der Waals surface area contributed by atoms with Crippen molar-refractivity contribution >= 4 is 23.7 Å². The number of para-hydroxylation sites is 1. The van der Waals surface area contributed by atoms with Crippen LogP contribution in [-0.2, 0) is 16.0 Å². The Bertz CT molecular complexity index is 1230. The number of hydrogen-bond acceptors (Lipinski definition) is 7. The molecule has 0 radical (unpaired) electrons. The Labute approximate surface area is 207 Å². The molecule has 1 aliphatic heterocycles. The lowest BCUT2D eigenvalue weighted by Crippen LogP contribution is -2.30. The van der Waals surface area contributed by atoms with E-state index in [2.05, 4.69) is 10.3 Å². The van der Waals surface area contributed by atoms with Crippen LogP contribution in [0, 0.1) is 0 Å². The number of pyridine rings is 1. The molecular formula is C26H25N3O7. The van der Waals surface area contributed by atoms with Gasteiger partial charge in [-0.05, 0) is 42.0 Å². The van der Waals surface area contributed by atoms with Crippen LogP contribution in [0.2, 0.25) is 0 Å². The van der Waals surface area contributed by atoms with Crippen LogP contribution >= 0.6 is 0 Å². The van der Waals surface area contributed by atoms with Gasteiger partial charge in [0.25, 0.3) is 0 Å². The lowest BCUT2D eigenvalue weighted by Gasteiger charge is -2.16. The highest BCUT2D eigenvalue weighted by molar-refractivity contribution is 6.00. The standard InChI is InChI=1S/C26H25N3O7/c1-34-26(33)29-13-12-20(16-29)35-18-7-9-19(10-8-18)36-24-11-6-17(15-27-24)14-23(30)28-22-5-3-2-4-21(22)25(31)32/h2-11,15,20H,12-14,16H2,1H3,(H,28,30)(H,31,32)/t20-/m1/s1. The third-order valence-electron chi connectivity index (χ3n) is 5.52. The highest BCUT2D eigenvalue weighted by Crippen LogP contribution is 2.25. The maximum Gasteiger partial charge on any atom is 0.409 e. The van der Waals surface area contributed by atoms with Crippen molar-refractivity contribution in [3.63, 3.8) is 0 Å². The fourth-order valence-corrected chi connectivity index (χ4v) is 3.75. The number of amides is 2. The number of aromatic carboxylic acids is 1. The highest BCUT2D eigenvalue weighted by atomic mass is 16.5. The molecule has 2 N–H and O–H groups in total. The van der Waals surface area contributed by atoms with Crippen molar-refractivity contribution < 1.29 is 33.7 Å². The largest absolute Gasteiger partial charge is 0.489 e. The van der Waals surface area contributed by atoms with Crippen LogP contribution in [0.5, 0.6) is 17.4 Å². The van der Waals surface area contributed by atoms with E-state index in [0.717, 1.165) is 6.42 Å². The van der Waals surface area contributed by atoms with E-state index in [1.165, 1.54) is 25.4 Å². The second-order valence-corrected chi connectivity index (χ2v) is 8.10. The Hall–Kier alpha value is -4.60. The third kappa shape index (κ3) is 6.29. The van der Waals surface area contributed by atoms with Crippen molar-refractivity contribution in [1.29, 1.82) is 0 Å². The lowest BCUT2D eigenvalue weighted by molar-refractivity contribution is -0.115. The number of aromatic nitrogens is 1. The summed E-state index contributed by atoms with van der Waals surface area (Å²) in [5, 5.41) is 11.9. The molecule has 0 spiro atoms. The molecular weight excluding hydrogens is 466 g/mol. The molecule has 10 heteroatoms. The van der Waals surface area contributed by atoms with Gasteiger partial charge in [-0.25, -0.2) is 14.6 Å². The Kier molecular flexibility index (Phi) is 7.64. The van der Waals surface area contributed by atoms with Crippen LogP contribution in [0.25, 0.3) is 0 Å². The fraction of sp³-hybridized carbons (Fsp3) is 0.231. The molecule has 186 valence electrons. The number of carboxylic acid groups (broad SMARTS) is 1. The number of nitrogens with one attached hydrogen (secondary N) is 1. The minimum Gasteiger partial charge on any atom is -0.489 e. The van der Waals surface area contributed by atoms with Gasteiger partial charge in [0.15, 0.2) is 0 Å². The maximum absolute atomic E-state index is 12.4. The van der Waals surface area contributed by atoms with Gasteiger partial charge in [-0.15, -0.1) is 0 Å². The highest BCUT2D eigenvalue weighted by Gasteiger charge is 2.28. The van der Waals surface area contributed by atoms with Gasteiger partial charge in [0.1, 0.15) is 17.6 Å². The van der Waals surface area contributed by atoms with Gasteiger partial charge in [-0.3, -0.25) is 4.79 Å². The number of methoxy groups -OCH3 is 1. The number of likely N-dealkylation sites (tertiary alicyclic amines) is 1. The molecule has 1 atom stereocenters. The van der Waals surface area contributed by atoms with Crippen molar-refractivity contribution in [1.82, 2.24) is 9.88 Å². The van der Waals surface area contributed by atoms with Gasteiger partial charge in [-0.2, -0.15) is 0 Å². The molecule has 1 fully saturated rings. The molecule has 0 unspecified atom stereocenters. The summed E-state index contributed by atoms with van der Waals surface area (Å²) >= 11 is 0. The lowest BCUT2D eigenvalue weighted by atomic mass is 10.1. The number of rotatable bonds is 8. The maximum atomic E-state index is 12.4. The summed E-state index contributed by atoms with van der Waals surface area (Å²) in [4.78, 5) is 41.1. The number of nitrogens with zero attached hydrogens (tertiary/aromatic N) is 2. The van der Waals surface area contributed by atoms with Crippen molar-refractivity contribution in [2.45, 2.75) is 18.9 Å². The minimum absolute atomic E-state index is 0.0237. The molecule has 10 nitrogen and oxygen atoms in total. The Morgan fingerprint density at radius 2 is 1.81 bits per heavy atom.